The van der Waals surface area contributed by atoms with Crippen molar-refractivity contribution in [3.05, 3.63) is 29.8 Å². The van der Waals surface area contributed by atoms with Crippen molar-refractivity contribution in [2.24, 2.45) is 4.99 Å². The maximum Gasteiger partial charge on any atom is 0.318 e. The molecular weight excluding hydrogens is 378 g/mol. The summed E-state index contributed by atoms with van der Waals surface area (Å²) in [6.45, 7) is 7.01. The van der Waals surface area contributed by atoms with E-state index < -0.39 is 32.0 Å². The van der Waals surface area contributed by atoms with Crippen molar-refractivity contribution >= 4 is 49.3 Å². The van der Waals surface area contributed by atoms with Crippen molar-refractivity contribution in [1.29, 1.82) is 0 Å². The van der Waals surface area contributed by atoms with Crippen LogP contribution in [-0.4, -0.2) is 41.0 Å². The summed E-state index contributed by atoms with van der Waals surface area (Å²) in [7, 11) is -1.95. The van der Waals surface area contributed by atoms with Crippen molar-refractivity contribution in [3.63, 3.8) is 0 Å². The SMILES string of the molecule is CC(C)S(=O)(=O)N(C)c1ccccc1C[S+]([O-])C1=NC(=S)C(C)(C)N1. The molecule has 1 atom stereocenters. The van der Waals surface area contributed by atoms with Crippen LogP contribution in [0.2, 0.25) is 0 Å². The molecule has 138 valence electrons. The first kappa shape index (κ1) is 20.2. The van der Waals surface area contributed by atoms with Gasteiger partial charge in [0.15, 0.2) is 0 Å². The second-order valence-corrected chi connectivity index (χ2v) is 10.9. The maximum absolute atomic E-state index is 12.7. The Hall–Kier alpha value is -1.16. The van der Waals surface area contributed by atoms with Gasteiger partial charge in [-0.3, -0.25) is 4.31 Å². The lowest BCUT2D eigenvalue weighted by Gasteiger charge is -2.24. The molecule has 1 N–H and O–H groups in total. The zero-order chi connectivity index (χ0) is 19.0. The molecule has 0 amide bonds. The molecule has 1 aromatic rings. The Morgan fingerprint density at radius 2 is 1.96 bits per heavy atom. The molecule has 6 nitrogen and oxygen atoms in total. The van der Waals surface area contributed by atoms with Crippen LogP contribution in [0.15, 0.2) is 29.3 Å². The summed E-state index contributed by atoms with van der Waals surface area (Å²) in [6, 6.07) is 7.05. The zero-order valence-corrected chi connectivity index (χ0v) is 17.4. The van der Waals surface area contributed by atoms with Crippen LogP contribution in [0.25, 0.3) is 0 Å². The van der Waals surface area contributed by atoms with Crippen molar-refractivity contribution in [2.75, 3.05) is 11.4 Å². The Labute approximate surface area is 157 Å². The van der Waals surface area contributed by atoms with Crippen LogP contribution in [0.1, 0.15) is 33.3 Å². The Kier molecular flexibility index (Phi) is 5.82. The molecule has 0 bridgehead atoms. The van der Waals surface area contributed by atoms with Gasteiger partial charge in [0.25, 0.3) is 0 Å². The Morgan fingerprint density at radius 1 is 1.36 bits per heavy atom. The molecule has 0 aromatic heterocycles. The highest BCUT2D eigenvalue weighted by Crippen LogP contribution is 2.26. The third kappa shape index (κ3) is 4.16. The number of sulfonamides is 1. The number of benzene rings is 1. The Morgan fingerprint density at radius 3 is 2.48 bits per heavy atom. The second kappa shape index (κ2) is 7.22. The van der Waals surface area contributed by atoms with E-state index in [0.29, 0.717) is 21.4 Å². The summed E-state index contributed by atoms with van der Waals surface area (Å²) in [4.78, 5) is 4.66. The highest BCUT2D eigenvalue weighted by molar-refractivity contribution is 8.05. The summed E-state index contributed by atoms with van der Waals surface area (Å²) in [5.41, 5.74) is 0.690. The minimum atomic E-state index is -3.47. The molecule has 1 aliphatic heterocycles. The van der Waals surface area contributed by atoms with Crippen molar-refractivity contribution in [2.45, 2.75) is 44.2 Å². The van der Waals surface area contributed by atoms with Gasteiger partial charge in [-0.2, -0.15) is 4.99 Å². The molecule has 0 aliphatic carbocycles. The van der Waals surface area contributed by atoms with Crippen molar-refractivity contribution < 1.29 is 13.0 Å². The monoisotopic (exact) mass is 401 g/mol. The predicted molar refractivity (Wildman–Crippen MR) is 108 cm³/mol. The summed E-state index contributed by atoms with van der Waals surface area (Å²) in [6.07, 6.45) is 0. The van der Waals surface area contributed by atoms with Crippen molar-refractivity contribution in [1.82, 2.24) is 5.32 Å². The van der Waals surface area contributed by atoms with Gasteiger partial charge in [0, 0.05) is 23.8 Å². The highest BCUT2D eigenvalue weighted by atomic mass is 32.2. The molecule has 1 heterocycles. The fraction of sp³-hybridized carbons (Fsp3) is 0.500. The topological polar surface area (TPSA) is 84.8 Å². The van der Waals surface area contributed by atoms with Gasteiger partial charge in [0.2, 0.25) is 10.0 Å². The quantitative estimate of drug-likeness (QED) is 0.604. The van der Waals surface area contributed by atoms with Crippen LogP contribution in [0.3, 0.4) is 0 Å². The van der Waals surface area contributed by atoms with Crippen LogP contribution in [0.5, 0.6) is 0 Å². The number of rotatable bonds is 5. The van der Waals surface area contributed by atoms with Gasteiger partial charge in [-0.05, 0) is 33.8 Å². The van der Waals surface area contributed by atoms with E-state index in [2.05, 4.69) is 10.3 Å². The molecule has 0 fully saturated rings. The molecule has 1 aromatic carbocycles. The van der Waals surface area contributed by atoms with E-state index in [9.17, 15) is 13.0 Å². The summed E-state index contributed by atoms with van der Waals surface area (Å²) >= 11 is 3.74. The molecule has 0 radical (unpaired) electrons. The van der Waals surface area contributed by atoms with E-state index in [-0.39, 0.29) is 5.75 Å². The lowest BCUT2D eigenvalue weighted by molar-refractivity contribution is 0.585. The van der Waals surface area contributed by atoms with Gasteiger partial charge in [-0.25, -0.2) is 8.42 Å². The first-order valence-corrected chi connectivity index (χ1v) is 11.0. The van der Waals surface area contributed by atoms with Crippen molar-refractivity contribution in [3.8, 4) is 0 Å². The average Bonchev–Trinajstić information content (AvgIpc) is 2.80. The number of nitrogens with zero attached hydrogens (tertiary/aromatic N) is 2. The number of hydrogen-bond donors (Lipinski definition) is 1. The zero-order valence-electron chi connectivity index (χ0n) is 14.9. The first-order valence-electron chi connectivity index (χ1n) is 7.82. The molecule has 0 saturated heterocycles. The van der Waals surface area contributed by atoms with Gasteiger partial charge < -0.3 is 9.87 Å². The standard InChI is InChI=1S/C16H23N3O3S3/c1-11(2)25(21,22)19(5)13-9-7-6-8-12(13)10-24(20)15-17-14(23)16(3,4)18-15/h6-9,11H,10H2,1-5H3,(H,17,18,23). The third-order valence-electron chi connectivity index (χ3n) is 3.97. The van der Waals surface area contributed by atoms with E-state index in [0.717, 1.165) is 0 Å². The smallest absolute Gasteiger partial charge is 0.318 e. The van der Waals surface area contributed by atoms with E-state index in [1.807, 2.05) is 13.8 Å². The Bertz CT molecular complexity index is 804. The number of thiocarbonyl (C=S) groups is 1. The fourth-order valence-corrected chi connectivity index (χ4v) is 4.80. The van der Waals surface area contributed by atoms with Gasteiger partial charge >= 0.3 is 5.17 Å². The normalized spacial score (nSPS) is 18.0. The summed E-state index contributed by atoms with van der Waals surface area (Å²) < 4.78 is 38.8. The van der Waals surface area contributed by atoms with Crippen LogP contribution in [0, 0.1) is 0 Å². The highest BCUT2D eigenvalue weighted by Gasteiger charge is 2.37. The third-order valence-corrected chi connectivity index (χ3v) is 7.92. The number of para-hydroxylation sites is 1. The molecule has 0 spiro atoms. The van der Waals surface area contributed by atoms with Crippen LogP contribution in [0.4, 0.5) is 5.69 Å². The minimum absolute atomic E-state index is 0.151. The number of anilines is 1. The minimum Gasteiger partial charge on any atom is -0.609 e. The van der Waals surface area contributed by atoms with Crippen LogP contribution in [-0.2, 0) is 27.0 Å². The van der Waals surface area contributed by atoms with Crippen LogP contribution >= 0.6 is 12.2 Å². The van der Waals surface area contributed by atoms with Gasteiger partial charge in [0.05, 0.1) is 16.5 Å². The average molecular weight is 402 g/mol. The molecule has 1 aliphatic rings. The molecule has 9 heteroatoms. The lowest BCUT2D eigenvalue weighted by atomic mass is 10.1. The summed E-state index contributed by atoms with van der Waals surface area (Å²) in [5.74, 6) is 0.151. The summed E-state index contributed by atoms with van der Waals surface area (Å²) in [5, 5.41) is 2.86. The molecule has 2 rings (SSSR count). The van der Waals surface area contributed by atoms with Crippen LogP contribution < -0.4 is 9.62 Å². The van der Waals surface area contributed by atoms with E-state index in [1.165, 1.54) is 11.4 Å². The largest absolute Gasteiger partial charge is 0.609 e. The number of nitrogens with one attached hydrogen (secondary N) is 1. The molecule has 0 saturated carbocycles. The lowest BCUT2D eigenvalue weighted by Crippen LogP contribution is -2.44. The first-order chi connectivity index (χ1) is 11.5. The van der Waals surface area contributed by atoms with Gasteiger partial charge in [-0.1, -0.05) is 30.4 Å². The Balaban J connectivity index is 2.28. The van der Waals surface area contributed by atoms with Gasteiger partial charge in [0.1, 0.15) is 10.7 Å². The maximum atomic E-state index is 12.7. The molecule has 1 unspecified atom stereocenters. The van der Waals surface area contributed by atoms with E-state index >= 15 is 0 Å². The fourth-order valence-electron chi connectivity index (χ4n) is 2.29. The number of hydrogen-bond acceptors (Lipinski definition) is 5. The molecular formula is C16H23N3O3S3. The number of amidine groups is 1. The van der Waals surface area contributed by atoms with E-state index in [4.69, 9.17) is 12.2 Å². The molecule has 25 heavy (non-hydrogen) atoms. The van der Waals surface area contributed by atoms with E-state index in [1.54, 1.807) is 38.1 Å². The number of aliphatic imine (C=N–C) groups is 1. The predicted octanol–water partition coefficient (Wildman–Crippen LogP) is 2.17. The second-order valence-electron chi connectivity index (χ2n) is 6.65. The van der Waals surface area contributed by atoms with Gasteiger partial charge in [-0.15, -0.1) is 0 Å².